The molecule has 0 aromatic heterocycles. The molecule has 5 atom stereocenters. The third-order valence-corrected chi connectivity index (χ3v) is 5.62. The Morgan fingerprint density at radius 1 is 1.24 bits per heavy atom. The minimum atomic E-state index is -0.0312. The molecule has 0 unspecified atom stereocenters. The maximum atomic E-state index is 11.6. The van der Waals surface area contributed by atoms with Gasteiger partial charge < -0.3 is 4.74 Å². The van der Waals surface area contributed by atoms with Crippen LogP contribution in [0.15, 0.2) is 0 Å². The smallest absolute Gasteiger partial charge is 0.306 e. The van der Waals surface area contributed by atoms with Crippen molar-refractivity contribution in [1.29, 1.82) is 0 Å². The summed E-state index contributed by atoms with van der Waals surface area (Å²) in [4.78, 5) is 11.6. The number of hydrogen-bond acceptors (Lipinski definition) is 2. The first-order valence-electron chi connectivity index (χ1n) is 9.10. The lowest BCUT2D eigenvalue weighted by Crippen LogP contribution is -2.22. The van der Waals surface area contributed by atoms with E-state index in [1.54, 1.807) is 0 Å². The minimum absolute atomic E-state index is 0.0312. The molecule has 124 valence electrons. The molecular weight excluding hydrogens is 260 g/mol. The molecule has 0 aliphatic heterocycles. The van der Waals surface area contributed by atoms with Crippen LogP contribution >= 0.6 is 0 Å². The summed E-state index contributed by atoms with van der Waals surface area (Å²) >= 11 is 0. The lowest BCUT2D eigenvalue weighted by molar-refractivity contribution is -0.148. The highest BCUT2D eigenvalue weighted by atomic mass is 16.5. The first kappa shape index (κ1) is 18.5. The Bertz CT molecular complexity index is 311. The molecule has 0 heterocycles. The van der Waals surface area contributed by atoms with Crippen LogP contribution in [-0.2, 0) is 9.53 Å². The van der Waals surface area contributed by atoms with Gasteiger partial charge in [-0.05, 0) is 62.2 Å². The van der Waals surface area contributed by atoms with Crippen LogP contribution in [0.25, 0.3) is 0 Å². The van der Waals surface area contributed by atoms with Crippen molar-refractivity contribution in [3.63, 3.8) is 0 Å². The fraction of sp³-hybridized carbons (Fsp3) is 0.947. The fourth-order valence-electron chi connectivity index (χ4n) is 4.23. The Kier molecular flexibility index (Phi) is 7.76. The molecule has 0 saturated heterocycles. The molecule has 0 N–H and O–H groups in total. The lowest BCUT2D eigenvalue weighted by atomic mass is 9.79. The zero-order valence-corrected chi connectivity index (χ0v) is 15.0. The van der Waals surface area contributed by atoms with Crippen molar-refractivity contribution in [1.82, 2.24) is 0 Å². The molecule has 1 aliphatic carbocycles. The molecule has 0 bridgehead atoms. The van der Waals surface area contributed by atoms with Gasteiger partial charge >= 0.3 is 5.97 Å². The molecule has 0 aromatic rings. The summed E-state index contributed by atoms with van der Waals surface area (Å²) in [6, 6.07) is 0. The topological polar surface area (TPSA) is 26.3 Å². The van der Waals surface area contributed by atoms with Crippen LogP contribution in [0.2, 0.25) is 0 Å². The van der Waals surface area contributed by atoms with Gasteiger partial charge in [-0.3, -0.25) is 4.79 Å². The maximum Gasteiger partial charge on any atom is 0.306 e. The summed E-state index contributed by atoms with van der Waals surface area (Å²) in [7, 11) is 0. The molecule has 1 saturated carbocycles. The first-order chi connectivity index (χ1) is 9.90. The minimum Gasteiger partial charge on any atom is -0.463 e. The number of hydrogen-bond donors (Lipinski definition) is 0. The molecule has 2 nitrogen and oxygen atoms in total. The summed E-state index contributed by atoms with van der Waals surface area (Å²) < 4.78 is 5.50. The molecule has 21 heavy (non-hydrogen) atoms. The van der Waals surface area contributed by atoms with E-state index >= 15 is 0 Å². The summed E-state index contributed by atoms with van der Waals surface area (Å²) in [6.45, 7) is 13.6. The molecule has 0 spiro atoms. The normalized spacial score (nSPS) is 30.6. The number of ether oxygens (including phenoxy) is 1. The lowest BCUT2D eigenvalue weighted by Gasteiger charge is -2.27. The van der Waals surface area contributed by atoms with E-state index in [-0.39, 0.29) is 12.1 Å². The van der Waals surface area contributed by atoms with E-state index in [1.165, 1.54) is 19.3 Å². The molecule has 2 heteroatoms. The van der Waals surface area contributed by atoms with Gasteiger partial charge in [-0.2, -0.15) is 0 Å². The third kappa shape index (κ3) is 5.30. The Labute approximate surface area is 132 Å². The van der Waals surface area contributed by atoms with Crippen LogP contribution in [0, 0.1) is 29.6 Å². The first-order valence-corrected chi connectivity index (χ1v) is 9.10. The second-order valence-corrected chi connectivity index (χ2v) is 7.46. The van der Waals surface area contributed by atoms with Crippen molar-refractivity contribution in [3.8, 4) is 0 Å². The highest BCUT2D eigenvalue weighted by Gasteiger charge is 2.40. The van der Waals surface area contributed by atoms with Gasteiger partial charge in [0.15, 0.2) is 0 Å². The summed E-state index contributed by atoms with van der Waals surface area (Å²) in [5.74, 6) is 4.11. The quantitative estimate of drug-likeness (QED) is 0.556. The van der Waals surface area contributed by atoms with Gasteiger partial charge in [0.2, 0.25) is 0 Å². The van der Waals surface area contributed by atoms with Crippen molar-refractivity contribution >= 4 is 5.97 Å². The molecule has 1 rings (SSSR count). The van der Waals surface area contributed by atoms with Gasteiger partial charge in [0, 0.05) is 6.42 Å². The number of carbonyl (C=O) groups excluding carboxylic acids is 1. The highest BCUT2D eigenvalue weighted by Crippen LogP contribution is 2.48. The monoisotopic (exact) mass is 296 g/mol. The largest absolute Gasteiger partial charge is 0.463 e. The Morgan fingerprint density at radius 2 is 1.90 bits per heavy atom. The zero-order chi connectivity index (χ0) is 16.0. The third-order valence-electron chi connectivity index (χ3n) is 5.62. The van der Waals surface area contributed by atoms with Crippen LogP contribution < -0.4 is 0 Å². The van der Waals surface area contributed by atoms with Gasteiger partial charge in [-0.15, -0.1) is 0 Å². The van der Waals surface area contributed by atoms with E-state index in [2.05, 4.69) is 34.6 Å². The van der Waals surface area contributed by atoms with E-state index < -0.39 is 0 Å². The van der Waals surface area contributed by atoms with Gasteiger partial charge in [-0.25, -0.2) is 0 Å². The van der Waals surface area contributed by atoms with Gasteiger partial charge in [0.25, 0.3) is 0 Å². The summed E-state index contributed by atoms with van der Waals surface area (Å²) in [5.41, 5.74) is 0. The highest BCUT2D eigenvalue weighted by molar-refractivity contribution is 5.69. The molecule has 0 aromatic carbocycles. The van der Waals surface area contributed by atoms with E-state index in [0.717, 1.165) is 42.4 Å². The Morgan fingerprint density at radius 3 is 2.43 bits per heavy atom. The van der Waals surface area contributed by atoms with Crippen LogP contribution in [-0.4, -0.2) is 12.1 Å². The molecular formula is C19H36O2. The van der Waals surface area contributed by atoms with E-state index in [1.807, 2.05) is 6.92 Å². The van der Waals surface area contributed by atoms with Crippen LogP contribution in [0.5, 0.6) is 0 Å². The average Bonchev–Trinajstić information content (AvgIpc) is 2.73. The van der Waals surface area contributed by atoms with Crippen LogP contribution in [0.1, 0.15) is 80.1 Å². The second kappa shape index (κ2) is 8.80. The standard InChI is InChI=1S/C19H36O2/c1-7-9-19(20)21-14(5)10-11-17-15(6)16(8-2)12-18(17)13(3)4/h13-18H,7-12H2,1-6H3/t14-,15+,16+,17-,18+/m0/s1. The van der Waals surface area contributed by atoms with Crippen molar-refractivity contribution in [3.05, 3.63) is 0 Å². The molecule has 0 amide bonds. The Balaban J connectivity index is 2.49. The fourth-order valence-corrected chi connectivity index (χ4v) is 4.23. The SMILES string of the molecule is CCCC(=O)O[C@@H](C)CC[C@H]1[C@H](C)[C@H](CC)C[C@@H]1C(C)C. The number of esters is 1. The van der Waals surface area contributed by atoms with Crippen molar-refractivity contribution in [2.75, 3.05) is 0 Å². The van der Waals surface area contributed by atoms with E-state index in [9.17, 15) is 4.79 Å². The second-order valence-electron chi connectivity index (χ2n) is 7.46. The number of rotatable bonds is 8. The van der Waals surface area contributed by atoms with Crippen LogP contribution in [0.3, 0.4) is 0 Å². The number of carbonyl (C=O) groups is 1. The summed E-state index contributed by atoms with van der Waals surface area (Å²) in [6.07, 6.45) is 6.43. The maximum absolute atomic E-state index is 11.6. The molecule has 1 aliphatic rings. The van der Waals surface area contributed by atoms with E-state index in [0.29, 0.717) is 6.42 Å². The van der Waals surface area contributed by atoms with Crippen molar-refractivity contribution in [2.24, 2.45) is 29.6 Å². The molecule has 0 radical (unpaired) electrons. The van der Waals surface area contributed by atoms with Gasteiger partial charge in [0.1, 0.15) is 0 Å². The zero-order valence-electron chi connectivity index (χ0n) is 15.0. The van der Waals surface area contributed by atoms with Crippen molar-refractivity contribution < 1.29 is 9.53 Å². The predicted molar refractivity (Wildman–Crippen MR) is 89.1 cm³/mol. The van der Waals surface area contributed by atoms with Gasteiger partial charge in [-0.1, -0.05) is 41.0 Å². The summed E-state index contributed by atoms with van der Waals surface area (Å²) in [5, 5.41) is 0. The predicted octanol–water partition coefficient (Wildman–Crippen LogP) is 5.45. The van der Waals surface area contributed by atoms with Crippen molar-refractivity contribution in [2.45, 2.75) is 86.2 Å². The van der Waals surface area contributed by atoms with Crippen LogP contribution in [0.4, 0.5) is 0 Å². The average molecular weight is 296 g/mol. The van der Waals surface area contributed by atoms with E-state index in [4.69, 9.17) is 4.74 Å². The molecule has 1 fully saturated rings. The van der Waals surface area contributed by atoms with Gasteiger partial charge in [0.05, 0.1) is 6.10 Å². The Hall–Kier alpha value is -0.530.